The van der Waals surface area contributed by atoms with Crippen molar-refractivity contribution in [2.75, 3.05) is 13.1 Å². The lowest BCUT2D eigenvalue weighted by molar-refractivity contribution is -0.751. The van der Waals surface area contributed by atoms with Gasteiger partial charge in [-0.15, -0.1) is 0 Å². The lowest BCUT2D eigenvalue weighted by Crippen LogP contribution is -3.04. The number of nitrogens with two attached hydrogens (primary N) is 1. The van der Waals surface area contributed by atoms with Crippen molar-refractivity contribution in [3.05, 3.63) is 24.0 Å². The molecule has 17 heavy (non-hydrogen) atoms. The molecule has 2 rings (SSSR count). The number of aryl methyl sites for hydroxylation is 1. The summed E-state index contributed by atoms with van der Waals surface area (Å²) in [6.45, 7) is 0.456. The second-order valence-electron chi connectivity index (χ2n) is 4.06. The van der Waals surface area contributed by atoms with Crippen molar-refractivity contribution in [2.45, 2.75) is 11.7 Å². The first kappa shape index (κ1) is 12.0. The Bertz CT molecular complexity index is 440. The summed E-state index contributed by atoms with van der Waals surface area (Å²) in [6, 6.07) is 2.83. The SMILES string of the molecule is Cn1cccc1C1(C(F)(F)F)[NH2+]CCNC1=O. The van der Waals surface area contributed by atoms with E-state index in [1.807, 2.05) is 0 Å². The summed E-state index contributed by atoms with van der Waals surface area (Å²) in [5.41, 5.74) is -2.58. The van der Waals surface area contributed by atoms with Gasteiger partial charge in [0.1, 0.15) is 0 Å². The molecular formula is C10H13F3N3O+. The summed E-state index contributed by atoms with van der Waals surface area (Å²) in [7, 11) is 1.50. The summed E-state index contributed by atoms with van der Waals surface area (Å²) < 4.78 is 41.2. The number of halogens is 3. The van der Waals surface area contributed by atoms with Crippen LogP contribution in [0.5, 0.6) is 0 Å². The molecular weight excluding hydrogens is 235 g/mol. The molecule has 1 unspecified atom stereocenters. The summed E-state index contributed by atoms with van der Waals surface area (Å²) in [5.74, 6) is -1.00. The number of quaternary nitrogens is 1. The van der Waals surface area contributed by atoms with E-state index in [-0.39, 0.29) is 18.8 Å². The second-order valence-corrected chi connectivity index (χ2v) is 4.06. The Balaban J connectivity index is 2.59. The number of hydrogen-bond donors (Lipinski definition) is 2. The van der Waals surface area contributed by atoms with E-state index in [1.54, 1.807) is 0 Å². The molecule has 1 saturated heterocycles. The Labute approximate surface area is 95.8 Å². The number of nitrogens with zero attached hydrogens (tertiary/aromatic N) is 1. The average molecular weight is 248 g/mol. The molecule has 94 valence electrons. The van der Waals surface area contributed by atoms with Gasteiger partial charge >= 0.3 is 11.7 Å². The summed E-state index contributed by atoms with van der Waals surface area (Å²) in [6.07, 6.45) is -3.14. The number of rotatable bonds is 1. The van der Waals surface area contributed by atoms with Crippen LogP contribution in [0.15, 0.2) is 18.3 Å². The van der Waals surface area contributed by atoms with Crippen LogP contribution >= 0.6 is 0 Å². The van der Waals surface area contributed by atoms with Crippen molar-refractivity contribution in [3.63, 3.8) is 0 Å². The molecule has 1 amide bonds. The molecule has 1 aliphatic heterocycles. The van der Waals surface area contributed by atoms with E-state index in [0.29, 0.717) is 0 Å². The van der Waals surface area contributed by atoms with Gasteiger partial charge in [0, 0.05) is 13.2 Å². The monoisotopic (exact) mass is 248 g/mol. The highest BCUT2D eigenvalue weighted by molar-refractivity contribution is 5.87. The van der Waals surface area contributed by atoms with Gasteiger partial charge in [-0.05, 0) is 12.1 Å². The van der Waals surface area contributed by atoms with Crippen LogP contribution in [0.1, 0.15) is 5.69 Å². The van der Waals surface area contributed by atoms with Crippen LogP contribution in [0.25, 0.3) is 0 Å². The molecule has 0 aromatic carbocycles. The molecule has 1 aliphatic rings. The highest BCUT2D eigenvalue weighted by atomic mass is 19.4. The first-order chi connectivity index (χ1) is 7.89. The van der Waals surface area contributed by atoms with Gasteiger partial charge in [0.15, 0.2) is 0 Å². The Kier molecular flexibility index (Phi) is 2.65. The quantitative estimate of drug-likeness (QED) is 0.690. The van der Waals surface area contributed by atoms with Crippen LogP contribution in [0.2, 0.25) is 0 Å². The largest absolute Gasteiger partial charge is 0.460 e. The van der Waals surface area contributed by atoms with Crippen LogP contribution < -0.4 is 10.6 Å². The third kappa shape index (κ3) is 1.61. The normalized spacial score (nSPS) is 25.8. The topological polar surface area (TPSA) is 50.6 Å². The zero-order valence-corrected chi connectivity index (χ0v) is 9.21. The van der Waals surface area contributed by atoms with Gasteiger partial charge < -0.3 is 15.2 Å². The van der Waals surface area contributed by atoms with Crippen molar-refractivity contribution in [1.82, 2.24) is 9.88 Å². The van der Waals surface area contributed by atoms with Gasteiger partial charge in [0.05, 0.1) is 18.8 Å². The molecule has 1 aromatic heterocycles. The summed E-state index contributed by atoms with van der Waals surface area (Å²) >= 11 is 0. The Morgan fingerprint density at radius 3 is 2.71 bits per heavy atom. The molecule has 1 aromatic rings. The third-order valence-electron chi connectivity index (χ3n) is 3.03. The predicted octanol–water partition coefficient (Wildman–Crippen LogP) is -0.524. The number of hydrogen-bond acceptors (Lipinski definition) is 1. The van der Waals surface area contributed by atoms with Gasteiger partial charge in [-0.25, -0.2) is 0 Å². The zero-order chi connectivity index (χ0) is 12.7. The first-order valence-corrected chi connectivity index (χ1v) is 5.21. The van der Waals surface area contributed by atoms with Crippen molar-refractivity contribution in [1.29, 1.82) is 0 Å². The number of amides is 1. The number of piperazine rings is 1. The lowest BCUT2D eigenvalue weighted by Gasteiger charge is -2.35. The Hall–Kier alpha value is -1.50. The highest BCUT2D eigenvalue weighted by Gasteiger charge is 2.67. The fraction of sp³-hybridized carbons (Fsp3) is 0.500. The minimum Gasteiger partial charge on any atom is -0.349 e. The van der Waals surface area contributed by atoms with E-state index in [9.17, 15) is 18.0 Å². The van der Waals surface area contributed by atoms with Crippen molar-refractivity contribution >= 4 is 5.91 Å². The number of carbonyl (C=O) groups is 1. The molecule has 1 atom stereocenters. The number of nitrogens with one attached hydrogen (secondary N) is 1. The Morgan fingerprint density at radius 1 is 1.53 bits per heavy atom. The van der Waals surface area contributed by atoms with Crippen LogP contribution in [-0.2, 0) is 17.4 Å². The van der Waals surface area contributed by atoms with Crippen molar-refractivity contribution in [3.8, 4) is 0 Å². The second kappa shape index (κ2) is 3.76. The van der Waals surface area contributed by atoms with E-state index < -0.39 is 17.6 Å². The molecule has 3 N–H and O–H groups in total. The molecule has 0 saturated carbocycles. The number of aromatic nitrogens is 1. The van der Waals surface area contributed by atoms with Gasteiger partial charge in [0.2, 0.25) is 0 Å². The van der Waals surface area contributed by atoms with Gasteiger partial charge in [-0.2, -0.15) is 13.2 Å². The van der Waals surface area contributed by atoms with Crippen LogP contribution in [0.4, 0.5) is 13.2 Å². The minimum atomic E-state index is -4.64. The summed E-state index contributed by atoms with van der Waals surface area (Å²) in [5, 5.41) is 3.35. The van der Waals surface area contributed by atoms with Crippen LogP contribution in [0.3, 0.4) is 0 Å². The first-order valence-electron chi connectivity index (χ1n) is 5.21. The molecule has 4 nitrogen and oxygen atoms in total. The standard InChI is InChI=1S/C10H12F3N3O/c1-16-6-2-3-7(16)9(10(11,12)13)8(17)14-4-5-15-9/h2-3,6,15H,4-5H2,1H3,(H,14,17)/p+1. The third-order valence-corrected chi connectivity index (χ3v) is 3.03. The molecule has 1 fully saturated rings. The van der Waals surface area contributed by atoms with Gasteiger partial charge in [-0.1, -0.05) is 0 Å². The molecule has 0 spiro atoms. The van der Waals surface area contributed by atoms with E-state index >= 15 is 0 Å². The number of alkyl halides is 3. The minimum absolute atomic E-state index is 0.0535. The predicted molar refractivity (Wildman–Crippen MR) is 52.9 cm³/mol. The fourth-order valence-electron chi connectivity index (χ4n) is 2.19. The maximum Gasteiger partial charge on any atom is 0.460 e. The maximum absolute atomic E-state index is 13.3. The van der Waals surface area contributed by atoms with Crippen LogP contribution in [0, 0.1) is 0 Å². The maximum atomic E-state index is 13.3. The molecule has 0 bridgehead atoms. The van der Waals surface area contributed by atoms with E-state index in [1.165, 1.54) is 29.9 Å². The van der Waals surface area contributed by atoms with E-state index in [4.69, 9.17) is 0 Å². The zero-order valence-electron chi connectivity index (χ0n) is 9.21. The molecule has 0 aliphatic carbocycles. The van der Waals surface area contributed by atoms with Crippen LogP contribution in [-0.4, -0.2) is 29.7 Å². The Morgan fingerprint density at radius 2 is 2.24 bits per heavy atom. The smallest absolute Gasteiger partial charge is 0.349 e. The highest BCUT2D eigenvalue weighted by Crippen LogP contribution is 2.36. The number of carbonyl (C=O) groups excluding carboxylic acids is 1. The summed E-state index contributed by atoms with van der Waals surface area (Å²) in [4.78, 5) is 11.7. The average Bonchev–Trinajstić information content (AvgIpc) is 2.64. The van der Waals surface area contributed by atoms with E-state index in [0.717, 1.165) is 5.32 Å². The lowest BCUT2D eigenvalue weighted by atomic mass is 9.91. The van der Waals surface area contributed by atoms with Gasteiger partial charge in [-0.3, -0.25) is 4.79 Å². The fourth-order valence-corrected chi connectivity index (χ4v) is 2.19. The molecule has 0 radical (unpaired) electrons. The molecule has 7 heteroatoms. The van der Waals surface area contributed by atoms with Crippen molar-refractivity contribution < 1.29 is 23.3 Å². The van der Waals surface area contributed by atoms with Crippen molar-refractivity contribution in [2.24, 2.45) is 7.05 Å². The van der Waals surface area contributed by atoms with E-state index in [2.05, 4.69) is 5.32 Å². The molecule has 2 heterocycles. The van der Waals surface area contributed by atoms with Gasteiger partial charge in [0.25, 0.3) is 5.91 Å².